The van der Waals surface area contributed by atoms with Crippen molar-refractivity contribution < 1.29 is 19.1 Å². The van der Waals surface area contributed by atoms with Gasteiger partial charge in [-0.1, -0.05) is 37.5 Å². The highest BCUT2D eigenvalue weighted by Gasteiger charge is 2.29. The molecule has 0 aliphatic heterocycles. The first-order valence-corrected chi connectivity index (χ1v) is 8.76. The third-order valence-corrected chi connectivity index (χ3v) is 4.70. The number of aliphatic hydroxyl groups is 1. The quantitative estimate of drug-likeness (QED) is 0.742. The number of hydrogen-bond acceptors (Lipinski definition) is 4. The van der Waals surface area contributed by atoms with E-state index in [4.69, 9.17) is 4.42 Å². The molecule has 1 heterocycles. The van der Waals surface area contributed by atoms with Gasteiger partial charge in [0.15, 0.2) is 0 Å². The third-order valence-electron chi connectivity index (χ3n) is 4.70. The van der Waals surface area contributed by atoms with Crippen LogP contribution >= 0.6 is 0 Å². The summed E-state index contributed by atoms with van der Waals surface area (Å²) < 4.78 is 5.65. The van der Waals surface area contributed by atoms with Crippen molar-refractivity contribution in [2.24, 2.45) is 0 Å². The molecule has 3 N–H and O–H groups in total. The molecule has 0 radical (unpaired) electrons. The largest absolute Gasteiger partial charge is 0.458 e. The Bertz CT molecular complexity index is 727. The maximum Gasteiger partial charge on any atom is 0.309 e. The molecule has 0 spiro atoms. The second-order valence-electron chi connectivity index (χ2n) is 6.91. The second-order valence-corrected chi connectivity index (χ2v) is 6.91. The van der Waals surface area contributed by atoms with Crippen LogP contribution in [0.2, 0.25) is 0 Å². The number of fused-ring (bicyclic) bond motifs is 1. The SMILES string of the molecule is CC(O)(CNC(=O)C(=O)NC1CCCCC1)c1cc2ccccc2o1. The summed E-state index contributed by atoms with van der Waals surface area (Å²) in [5.74, 6) is -1.03. The number of furan rings is 1. The van der Waals surface area contributed by atoms with Crippen LogP contribution in [-0.2, 0) is 15.2 Å². The fourth-order valence-corrected chi connectivity index (χ4v) is 3.16. The van der Waals surface area contributed by atoms with Crippen molar-refractivity contribution in [3.05, 3.63) is 36.1 Å². The monoisotopic (exact) mass is 344 g/mol. The molecule has 1 aromatic carbocycles. The van der Waals surface area contributed by atoms with Gasteiger partial charge in [-0.25, -0.2) is 0 Å². The number of carbonyl (C=O) groups is 2. The summed E-state index contributed by atoms with van der Waals surface area (Å²) in [6.07, 6.45) is 5.16. The average molecular weight is 344 g/mol. The number of carbonyl (C=O) groups excluding carboxylic acids is 2. The van der Waals surface area contributed by atoms with Gasteiger partial charge in [0, 0.05) is 11.4 Å². The van der Waals surface area contributed by atoms with E-state index in [1.54, 1.807) is 13.0 Å². The zero-order valence-electron chi connectivity index (χ0n) is 14.4. The molecule has 1 saturated carbocycles. The summed E-state index contributed by atoms with van der Waals surface area (Å²) in [4.78, 5) is 24.0. The van der Waals surface area contributed by atoms with Crippen LogP contribution in [0, 0.1) is 0 Å². The van der Waals surface area contributed by atoms with Crippen molar-refractivity contribution in [1.82, 2.24) is 10.6 Å². The molecule has 25 heavy (non-hydrogen) atoms. The minimum absolute atomic E-state index is 0.0721. The van der Waals surface area contributed by atoms with E-state index in [0.29, 0.717) is 11.3 Å². The second kappa shape index (κ2) is 7.27. The van der Waals surface area contributed by atoms with Gasteiger partial charge >= 0.3 is 11.8 Å². The van der Waals surface area contributed by atoms with Gasteiger partial charge < -0.3 is 20.2 Å². The molecule has 6 nitrogen and oxygen atoms in total. The van der Waals surface area contributed by atoms with Crippen LogP contribution in [0.15, 0.2) is 34.7 Å². The van der Waals surface area contributed by atoms with Crippen LogP contribution < -0.4 is 10.6 Å². The van der Waals surface area contributed by atoms with Crippen molar-refractivity contribution in [2.45, 2.75) is 50.7 Å². The molecule has 2 amide bonds. The predicted octanol–water partition coefficient (Wildman–Crippen LogP) is 2.21. The molecule has 1 fully saturated rings. The molecule has 2 aromatic rings. The number of para-hydroxylation sites is 1. The maximum atomic E-state index is 12.0. The highest BCUT2D eigenvalue weighted by Crippen LogP contribution is 2.27. The summed E-state index contributed by atoms with van der Waals surface area (Å²) in [6, 6.07) is 9.24. The molecule has 1 aromatic heterocycles. The first kappa shape index (κ1) is 17.5. The molecule has 134 valence electrons. The lowest BCUT2D eigenvalue weighted by molar-refractivity contribution is -0.140. The fourth-order valence-electron chi connectivity index (χ4n) is 3.16. The number of benzene rings is 1. The fraction of sp³-hybridized carbons (Fsp3) is 0.474. The molecule has 6 heteroatoms. The van der Waals surface area contributed by atoms with E-state index in [0.717, 1.165) is 31.1 Å². The van der Waals surface area contributed by atoms with E-state index in [1.807, 2.05) is 24.3 Å². The van der Waals surface area contributed by atoms with E-state index in [1.165, 1.54) is 6.42 Å². The van der Waals surface area contributed by atoms with Gasteiger partial charge in [-0.2, -0.15) is 0 Å². The predicted molar refractivity (Wildman–Crippen MR) is 93.8 cm³/mol. The number of rotatable bonds is 4. The Morgan fingerprint density at radius 1 is 1.20 bits per heavy atom. The molecule has 1 aliphatic carbocycles. The van der Waals surface area contributed by atoms with E-state index in [-0.39, 0.29) is 12.6 Å². The van der Waals surface area contributed by atoms with Crippen LogP contribution in [0.25, 0.3) is 11.0 Å². The van der Waals surface area contributed by atoms with Gasteiger partial charge in [-0.15, -0.1) is 0 Å². The van der Waals surface area contributed by atoms with Crippen LogP contribution in [0.4, 0.5) is 0 Å². The Balaban J connectivity index is 1.57. The normalized spacial score (nSPS) is 17.8. The first-order valence-electron chi connectivity index (χ1n) is 8.76. The number of hydrogen-bond donors (Lipinski definition) is 3. The van der Waals surface area contributed by atoms with Crippen molar-refractivity contribution in [3.8, 4) is 0 Å². The standard InChI is InChI=1S/C19H24N2O4/c1-19(24,16-11-13-7-5-6-10-15(13)25-16)12-20-17(22)18(23)21-14-8-3-2-4-9-14/h5-7,10-11,14,24H,2-4,8-9,12H2,1H3,(H,20,22)(H,21,23). The minimum Gasteiger partial charge on any atom is -0.458 e. The van der Waals surface area contributed by atoms with Crippen LogP contribution in [0.1, 0.15) is 44.8 Å². The number of nitrogens with one attached hydrogen (secondary N) is 2. The van der Waals surface area contributed by atoms with Crippen molar-refractivity contribution >= 4 is 22.8 Å². The van der Waals surface area contributed by atoms with E-state index in [2.05, 4.69) is 10.6 Å². The van der Waals surface area contributed by atoms with Gasteiger partial charge in [0.2, 0.25) is 0 Å². The number of amides is 2. The average Bonchev–Trinajstić information content (AvgIpc) is 3.06. The minimum atomic E-state index is -1.40. The van der Waals surface area contributed by atoms with Crippen LogP contribution in [-0.4, -0.2) is 29.5 Å². The van der Waals surface area contributed by atoms with Gasteiger partial charge in [0.05, 0.1) is 6.54 Å². The zero-order valence-corrected chi connectivity index (χ0v) is 14.4. The molecular weight excluding hydrogens is 320 g/mol. The molecular formula is C19H24N2O4. The highest BCUT2D eigenvalue weighted by atomic mass is 16.4. The molecule has 3 rings (SSSR count). The first-order chi connectivity index (χ1) is 12.0. The Hall–Kier alpha value is -2.34. The molecule has 1 unspecified atom stereocenters. The summed E-state index contributed by atoms with van der Waals surface area (Å²) >= 11 is 0. The summed E-state index contributed by atoms with van der Waals surface area (Å²) in [7, 11) is 0. The molecule has 0 bridgehead atoms. The Morgan fingerprint density at radius 3 is 2.64 bits per heavy atom. The highest BCUT2D eigenvalue weighted by molar-refractivity contribution is 6.35. The Labute approximate surface area is 146 Å². The maximum absolute atomic E-state index is 12.0. The van der Waals surface area contributed by atoms with E-state index in [9.17, 15) is 14.7 Å². The van der Waals surface area contributed by atoms with Gasteiger partial charge in [-0.3, -0.25) is 9.59 Å². The smallest absolute Gasteiger partial charge is 0.309 e. The summed E-state index contributed by atoms with van der Waals surface area (Å²) in [6.45, 7) is 1.44. The van der Waals surface area contributed by atoms with Gasteiger partial charge in [0.1, 0.15) is 16.9 Å². The Kier molecular flexibility index (Phi) is 5.08. The lowest BCUT2D eigenvalue weighted by atomic mass is 9.95. The Morgan fingerprint density at radius 2 is 1.92 bits per heavy atom. The van der Waals surface area contributed by atoms with Gasteiger partial charge in [-0.05, 0) is 31.9 Å². The van der Waals surface area contributed by atoms with Crippen molar-refractivity contribution in [1.29, 1.82) is 0 Å². The lowest BCUT2D eigenvalue weighted by Crippen LogP contribution is -2.48. The van der Waals surface area contributed by atoms with Crippen LogP contribution in [0.5, 0.6) is 0 Å². The molecule has 0 saturated heterocycles. The van der Waals surface area contributed by atoms with E-state index < -0.39 is 17.4 Å². The topological polar surface area (TPSA) is 91.6 Å². The summed E-state index contributed by atoms with van der Waals surface area (Å²) in [5.41, 5.74) is -0.737. The van der Waals surface area contributed by atoms with Crippen molar-refractivity contribution in [3.63, 3.8) is 0 Å². The van der Waals surface area contributed by atoms with Crippen molar-refractivity contribution in [2.75, 3.05) is 6.54 Å². The summed E-state index contributed by atoms with van der Waals surface area (Å²) in [5, 5.41) is 16.7. The lowest BCUT2D eigenvalue weighted by Gasteiger charge is -2.23. The molecule has 1 aliphatic rings. The van der Waals surface area contributed by atoms with Crippen LogP contribution in [0.3, 0.4) is 0 Å². The van der Waals surface area contributed by atoms with Gasteiger partial charge in [0.25, 0.3) is 0 Å². The molecule has 1 atom stereocenters. The third kappa shape index (κ3) is 4.20. The van der Waals surface area contributed by atoms with E-state index >= 15 is 0 Å². The zero-order chi connectivity index (χ0) is 17.9.